The molecule has 2 fully saturated rings. The van der Waals surface area contributed by atoms with Crippen molar-refractivity contribution in [3.63, 3.8) is 0 Å². The monoisotopic (exact) mass is 583 g/mol. The number of H-pyrrole nitrogens is 1. The van der Waals surface area contributed by atoms with Crippen molar-refractivity contribution in [1.29, 1.82) is 0 Å². The Morgan fingerprint density at radius 1 is 0.976 bits per heavy atom. The van der Waals surface area contributed by atoms with Crippen LogP contribution in [0.1, 0.15) is 47.7 Å². The Balaban J connectivity index is 1.28. The fraction of sp³-hybridized carbons (Fsp3) is 0.276. The number of piperidine rings is 1. The van der Waals surface area contributed by atoms with Crippen molar-refractivity contribution in [2.75, 3.05) is 17.7 Å². The van der Waals surface area contributed by atoms with Gasteiger partial charge in [-0.25, -0.2) is 13.4 Å². The number of benzene rings is 1. The molecule has 13 heteroatoms. The lowest BCUT2D eigenvalue weighted by molar-refractivity contribution is 0.0569. The molecule has 0 aliphatic carbocycles. The number of nitrogens with one attached hydrogen (secondary N) is 1. The molecule has 214 valence electrons. The average molecular weight is 584 g/mol. The van der Waals surface area contributed by atoms with Crippen LogP contribution in [-0.2, 0) is 9.84 Å². The normalized spacial score (nSPS) is 20.3. The third-order valence-corrected chi connectivity index (χ3v) is 9.59. The van der Waals surface area contributed by atoms with Gasteiger partial charge in [-0.3, -0.25) is 14.9 Å². The Morgan fingerprint density at radius 3 is 2.33 bits per heavy atom. The summed E-state index contributed by atoms with van der Waals surface area (Å²) in [5.74, 6) is -0.121. The molecule has 4 aromatic heterocycles. The predicted octanol–water partition coefficient (Wildman–Crippen LogP) is 3.30. The van der Waals surface area contributed by atoms with Gasteiger partial charge in [0.1, 0.15) is 22.1 Å². The van der Waals surface area contributed by atoms with E-state index in [-0.39, 0.29) is 40.4 Å². The average Bonchev–Trinajstić information content (AvgIpc) is 3.68. The first-order chi connectivity index (χ1) is 20.2. The minimum Gasteiger partial charge on any atom is -0.383 e. The van der Waals surface area contributed by atoms with Crippen molar-refractivity contribution >= 4 is 33.0 Å². The highest BCUT2D eigenvalue weighted by Crippen LogP contribution is 2.46. The zero-order chi connectivity index (χ0) is 29.2. The van der Waals surface area contributed by atoms with Crippen LogP contribution in [0, 0.1) is 0 Å². The highest BCUT2D eigenvalue weighted by Gasteiger charge is 2.46. The third-order valence-electron chi connectivity index (χ3n) is 8.43. The summed E-state index contributed by atoms with van der Waals surface area (Å²) in [5, 5.41) is 10.9. The number of carbonyl (C=O) groups excluding carboxylic acids is 1. The van der Waals surface area contributed by atoms with Gasteiger partial charge in [-0.1, -0.05) is 36.4 Å². The second-order valence-electron chi connectivity index (χ2n) is 11.0. The van der Waals surface area contributed by atoms with Gasteiger partial charge in [-0.2, -0.15) is 14.7 Å². The number of nitrogens with two attached hydrogens (primary N) is 2. The fourth-order valence-electron chi connectivity index (χ4n) is 6.55. The SMILES string of the molecule is CS(=O)(=O)c1c([C@@H]2C[C@H]3CC[C@@H](C2)N3C(=O)c2cn[nH]c2N)nc2c(-c3ccc(-c4ccccc4)nc3)cnn2c1N. The summed E-state index contributed by atoms with van der Waals surface area (Å²) in [7, 11) is -3.75. The van der Waals surface area contributed by atoms with Gasteiger partial charge >= 0.3 is 0 Å². The molecule has 42 heavy (non-hydrogen) atoms. The van der Waals surface area contributed by atoms with Gasteiger partial charge in [0.2, 0.25) is 0 Å². The van der Waals surface area contributed by atoms with E-state index in [2.05, 4.69) is 20.3 Å². The highest BCUT2D eigenvalue weighted by atomic mass is 32.2. The molecule has 12 nitrogen and oxygen atoms in total. The molecule has 0 unspecified atom stereocenters. The summed E-state index contributed by atoms with van der Waals surface area (Å²) in [6, 6.07) is 13.6. The lowest BCUT2D eigenvalue weighted by atomic mass is 9.87. The van der Waals surface area contributed by atoms with E-state index in [0.717, 1.165) is 35.9 Å². The van der Waals surface area contributed by atoms with Gasteiger partial charge in [0.15, 0.2) is 15.5 Å². The quantitative estimate of drug-likeness (QED) is 0.280. The standard InChI is InChI=1S/C29H29N9O3S/c1-42(40,41)25-24(18-11-19-8-9-20(12-18)37(19)29(39)22-14-33-36-26(22)30)35-28-21(15-34-38(28)27(25)31)17-7-10-23(32-13-17)16-5-3-2-4-6-16/h2-7,10,13-15,18-20H,8-9,11-12,31H2,1H3,(H3,30,33,36)/t18-,19-,20+. The van der Waals surface area contributed by atoms with E-state index in [0.29, 0.717) is 35.3 Å². The van der Waals surface area contributed by atoms with Gasteiger partial charge in [-0.05, 0) is 31.7 Å². The van der Waals surface area contributed by atoms with E-state index in [4.69, 9.17) is 16.5 Å². The van der Waals surface area contributed by atoms with Gasteiger partial charge in [0.05, 0.1) is 23.8 Å². The topological polar surface area (TPSA) is 178 Å². The van der Waals surface area contributed by atoms with Gasteiger partial charge in [-0.15, -0.1) is 0 Å². The van der Waals surface area contributed by atoms with Crippen molar-refractivity contribution in [3.8, 4) is 22.4 Å². The lowest BCUT2D eigenvalue weighted by Gasteiger charge is -2.39. The first kappa shape index (κ1) is 26.1. The molecule has 0 radical (unpaired) electrons. The van der Waals surface area contributed by atoms with Gasteiger partial charge in [0.25, 0.3) is 5.91 Å². The van der Waals surface area contributed by atoms with Crippen LogP contribution in [0.5, 0.6) is 0 Å². The summed E-state index contributed by atoms with van der Waals surface area (Å²) >= 11 is 0. The largest absolute Gasteiger partial charge is 0.383 e. The smallest absolute Gasteiger partial charge is 0.259 e. The molecule has 2 saturated heterocycles. The Labute approximate surface area is 241 Å². The summed E-state index contributed by atoms with van der Waals surface area (Å²) in [4.78, 5) is 24.8. The van der Waals surface area contributed by atoms with Crippen LogP contribution in [0.4, 0.5) is 11.6 Å². The lowest BCUT2D eigenvalue weighted by Crippen LogP contribution is -2.46. The number of hydrogen-bond acceptors (Lipinski definition) is 9. The summed E-state index contributed by atoms with van der Waals surface area (Å²) in [6.07, 6.45) is 8.72. The van der Waals surface area contributed by atoms with Gasteiger partial charge in [0, 0.05) is 47.1 Å². The van der Waals surface area contributed by atoms with Crippen LogP contribution >= 0.6 is 0 Å². The molecule has 5 N–H and O–H groups in total. The van der Waals surface area contributed by atoms with Crippen LogP contribution in [0.15, 0.2) is 66.0 Å². The molecular weight excluding hydrogens is 554 g/mol. The number of nitrogens with zero attached hydrogens (tertiary/aromatic N) is 6. The number of aromatic amines is 1. The molecule has 2 aliphatic heterocycles. The number of anilines is 2. The number of rotatable bonds is 5. The van der Waals surface area contributed by atoms with E-state index in [1.54, 1.807) is 12.4 Å². The van der Waals surface area contributed by atoms with E-state index >= 15 is 0 Å². The number of nitrogen functional groups attached to an aromatic ring is 2. The second-order valence-corrected chi connectivity index (χ2v) is 13.0. The zero-order valence-corrected chi connectivity index (χ0v) is 23.6. The summed E-state index contributed by atoms with van der Waals surface area (Å²) in [5.41, 5.74) is 17.0. The van der Waals surface area contributed by atoms with Crippen molar-refractivity contribution < 1.29 is 13.2 Å². The molecule has 0 saturated carbocycles. The van der Waals surface area contributed by atoms with E-state index in [1.807, 2.05) is 47.4 Å². The van der Waals surface area contributed by atoms with E-state index in [9.17, 15) is 13.2 Å². The molecule has 2 bridgehead atoms. The van der Waals surface area contributed by atoms with Crippen LogP contribution in [0.3, 0.4) is 0 Å². The number of sulfone groups is 1. The van der Waals surface area contributed by atoms with Crippen LogP contribution < -0.4 is 11.5 Å². The number of aromatic nitrogens is 6. The fourth-order valence-corrected chi connectivity index (χ4v) is 7.61. The number of amides is 1. The van der Waals surface area contributed by atoms with Crippen molar-refractivity contribution in [3.05, 3.63) is 72.3 Å². The summed E-state index contributed by atoms with van der Waals surface area (Å²) < 4.78 is 27.6. The number of fused-ring (bicyclic) bond motifs is 3. The maximum absolute atomic E-state index is 13.4. The Hall–Kier alpha value is -4.78. The van der Waals surface area contributed by atoms with Crippen LogP contribution in [0.2, 0.25) is 0 Å². The number of pyridine rings is 1. The predicted molar refractivity (Wildman–Crippen MR) is 157 cm³/mol. The van der Waals surface area contributed by atoms with Crippen LogP contribution in [-0.4, -0.2) is 67.3 Å². The van der Waals surface area contributed by atoms with E-state index < -0.39 is 9.84 Å². The Kier molecular flexibility index (Phi) is 6.01. The second kappa shape index (κ2) is 9.65. The molecule has 7 rings (SSSR count). The van der Waals surface area contributed by atoms with Crippen molar-refractivity contribution in [2.24, 2.45) is 0 Å². The molecule has 0 spiro atoms. The van der Waals surface area contributed by atoms with E-state index in [1.165, 1.54) is 10.7 Å². The first-order valence-corrected chi connectivity index (χ1v) is 15.6. The molecule has 3 atom stereocenters. The number of carbonyl (C=O) groups is 1. The Morgan fingerprint density at radius 2 is 1.71 bits per heavy atom. The van der Waals surface area contributed by atoms with Crippen LogP contribution in [0.25, 0.3) is 28.0 Å². The molecule has 1 aromatic carbocycles. The zero-order valence-electron chi connectivity index (χ0n) is 22.8. The molecular formula is C29H29N9O3S. The number of hydrogen-bond donors (Lipinski definition) is 3. The Bertz CT molecular complexity index is 1920. The molecule has 2 aliphatic rings. The molecule has 1 amide bonds. The highest BCUT2D eigenvalue weighted by molar-refractivity contribution is 7.91. The van der Waals surface area contributed by atoms with Crippen molar-refractivity contribution in [1.82, 2.24) is 34.7 Å². The maximum atomic E-state index is 13.4. The maximum Gasteiger partial charge on any atom is 0.259 e. The minimum atomic E-state index is -3.75. The molecule has 6 heterocycles. The first-order valence-electron chi connectivity index (χ1n) is 13.7. The van der Waals surface area contributed by atoms with Crippen molar-refractivity contribution in [2.45, 2.75) is 48.6 Å². The van der Waals surface area contributed by atoms with Gasteiger partial charge < -0.3 is 16.4 Å². The third kappa shape index (κ3) is 4.19. The summed E-state index contributed by atoms with van der Waals surface area (Å²) in [6.45, 7) is 0. The molecule has 5 aromatic rings. The minimum absolute atomic E-state index is 0.00884.